The molecule has 19 heavy (non-hydrogen) atoms. The lowest BCUT2D eigenvalue weighted by Gasteiger charge is -2.22. The Morgan fingerprint density at radius 2 is 2.16 bits per heavy atom. The summed E-state index contributed by atoms with van der Waals surface area (Å²) in [6.45, 7) is 3.82. The Kier molecular flexibility index (Phi) is 5.05. The van der Waals surface area contributed by atoms with Gasteiger partial charge in [-0.25, -0.2) is 8.42 Å². The van der Waals surface area contributed by atoms with Crippen LogP contribution in [0.3, 0.4) is 0 Å². The molecule has 0 atom stereocenters. The molecule has 9 heteroatoms. The average Bonchev–Trinajstić information content (AvgIpc) is 2.68. The zero-order valence-corrected chi connectivity index (χ0v) is 13.6. The maximum atomic E-state index is 11.8. The number of carbonyl (C=O) groups is 1. The van der Waals surface area contributed by atoms with Crippen LogP contribution in [0.5, 0.6) is 0 Å². The molecule has 1 aromatic rings. The molecule has 0 radical (unpaired) electrons. The van der Waals surface area contributed by atoms with Gasteiger partial charge in [0.1, 0.15) is 4.90 Å². The zero-order chi connectivity index (χ0) is 14.8. The lowest BCUT2D eigenvalue weighted by Crippen LogP contribution is -2.39. The number of rotatable bonds is 5. The highest BCUT2D eigenvalue weighted by Gasteiger charge is 2.24. The Labute approximate surface area is 124 Å². The van der Waals surface area contributed by atoms with E-state index >= 15 is 0 Å². The number of hydrogen-bond acceptors (Lipinski definition) is 5. The number of halogens is 2. The summed E-state index contributed by atoms with van der Waals surface area (Å²) in [5.41, 5.74) is -0.541. The van der Waals surface area contributed by atoms with Crippen molar-refractivity contribution in [3.63, 3.8) is 0 Å². The van der Waals surface area contributed by atoms with Gasteiger partial charge in [-0.05, 0) is 29.8 Å². The molecule has 0 aliphatic rings. The van der Waals surface area contributed by atoms with Crippen LogP contribution >= 0.6 is 26.6 Å². The number of hydrogen-bond donors (Lipinski definition) is 1. The Balaban J connectivity index is 2.85. The van der Waals surface area contributed by atoms with Crippen molar-refractivity contribution in [1.29, 1.82) is 0 Å². The molecule has 1 N–H and O–H groups in total. The van der Waals surface area contributed by atoms with E-state index < -0.39 is 20.6 Å². The summed E-state index contributed by atoms with van der Waals surface area (Å²) in [4.78, 5) is 11.5. The molecule has 1 amide bonds. The number of furan rings is 1. The third kappa shape index (κ3) is 4.48. The smallest absolute Gasteiger partial charge is 0.287 e. The Morgan fingerprint density at radius 3 is 2.58 bits per heavy atom. The van der Waals surface area contributed by atoms with Gasteiger partial charge in [0.25, 0.3) is 15.0 Å². The van der Waals surface area contributed by atoms with Gasteiger partial charge in [0.05, 0.1) is 5.60 Å². The third-order valence-corrected chi connectivity index (χ3v) is 4.55. The van der Waals surface area contributed by atoms with E-state index in [1.54, 1.807) is 13.8 Å². The Bertz CT molecular complexity index is 581. The fraction of sp³-hybridized carbons (Fsp3) is 0.500. The molecule has 0 bridgehead atoms. The molecule has 1 aromatic heterocycles. The van der Waals surface area contributed by atoms with E-state index in [1.165, 1.54) is 7.11 Å². The first-order valence-electron chi connectivity index (χ1n) is 5.14. The molecule has 0 saturated carbocycles. The number of methoxy groups -OCH3 is 1. The minimum Gasteiger partial charge on any atom is -0.443 e. The first kappa shape index (κ1) is 16.5. The van der Waals surface area contributed by atoms with Crippen LogP contribution < -0.4 is 5.32 Å². The predicted octanol–water partition coefficient (Wildman–Crippen LogP) is 2.12. The molecule has 0 aliphatic carbocycles. The summed E-state index contributed by atoms with van der Waals surface area (Å²) in [6.07, 6.45) is 0. The van der Waals surface area contributed by atoms with Crippen LogP contribution in [-0.2, 0) is 13.8 Å². The summed E-state index contributed by atoms with van der Waals surface area (Å²) in [5.74, 6) is -0.713. The number of amides is 1. The fourth-order valence-corrected chi connectivity index (χ4v) is 3.12. The second kappa shape index (κ2) is 5.82. The van der Waals surface area contributed by atoms with E-state index in [1.807, 2.05) is 0 Å². The highest BCUT2D eigenvalue weighted by molar-refractivity contribution is 9.10. The second-order valence-electron chi connectivity index (χ2n) is 4.33. The number of carbonyl (C=O) groups excluding carboxylic acids is 1. The van der Waals surface area contributed by atoms with Crippen LogP contribution in [0, 0.1) is 0 Å². The summed E-state index contributed by atoms with van der Waals surface area (Å²) in [7, 11) is 2.74. The lowest BCUT2D eigenvalue weighted by atomic mass is 10.1. The van der Waals surface area contributed by atoms with Gasteiger partial charge in [-0.2, -0.15) is 0 Å². The SMILES string of the molecule is COC(C)(C)CNC(=O)c1cc(S(=O)(=O)Cl)c(Br)o1. The van der Waals surface area contributed by atoms with Gasteiger partial charge in [0, 0.05) is 30.4 Å². The molecule has 108 valence electrons. The Morgan fingerprint density at radius 1 is 1.58 bits per heavy atom. The molecule has 0 fully saturated rings. The summed E-state index contributed by atoms with van der Waals surface area (Å²) >= 11 is 2.89. The van der Waals surface area contributed by atoms with Gasteiger partial charge in [0.2, 0.25) is 0 Å². The van der Waals surface area contributed by atoms with E-state index in [2.05, 4.69) is 21.2 Å². The minimum atomic E-state index is -3.97. The highest BCUT2D eigenvalue weighted by Crippen LogP contribution is 2.28. The first-order chi connectivity index (χ1) is 8.57. The number of nitrogens with one attached hydrogen (secondary N) is 1. The van der Waals surface area contributed by atoms with Crippen LogP contribution in [0.25, 0.3) is 0 Å². The number of ether oxygens (including phenoxy) is 1. The monoisotopic (exact) mass is 373 g/mol. The Hall–Kier alpha value is -0.570. The molecular weight excluding hydrogens is 362 g/mol. The molecule has 0 aliphatic heterocycles. The molecule has 0 unspecified atom stereocenters. The van der Waals surface area contributed by atoms with E-state index in [9.17, 15) is 13.2 Å². The largest absolute Gasteiger partial charge is 0.443 e. The third-order valence-electron chi connectivity index (χ3n) is 2.37. The van der Waals surface area contributed by atoms with Crippen LogP contribution in [0.4, 0.5) is 0 Å². The first-order valence-corrected chi connectivity index (χ1v) is 8.24. The van der Waals surface area contributed by atoms with Gasteiger partial charge < -0.3 is 14.5 Å². The summed E-state index contributed by atoms with van der Waals surface area (Å²) < 4.78 is 32.4. The average molecular weight is 375 g/mol. The molecule has 6 nitrogen and oxygen atoms in total. The molecular formula is C10H13BrClNO5S. The van der Waals surface area contributed by atoms with Crippen molar-refractivity contribution in [3.8, 4) is 0 Å². The predicted molar refractivity (Wildman–Crippen MR) is 72.9 cm³/mol. The van der Waals surface area contributed by atoms with Crippen molar-refractivity contribution >= 4 is 41.6 Å². The van der Waals surface area contributed by atoms with Gasteiger partial charge in [-0.3, -0.25) is 4.79 Å². The van der Waals surface area contributed by atoms with E-state index in [4.69, 9.17) is 19.8 Å². The van der Waals surface area contributed by atoms with Gasteiger partial charge >= 0.3 is 0 Å². The quantitative estimate of drug-likeness (QED) is 0.798. The van der Waals surface area contributed by atoms with Crippen LogP contribution in [0.15, 0.2) is 20.0 Å². The molecule has 0 aromatic carbocycles. The topological polar surface area (TPSA) is 85.6 Å². The molecule has 0 spiro atoms. The zero-order valence-electron chi connectivity index (χ0n) is 10.5. The minimum absolute atomic E-state index is 0.112. The van der Waals surface area contributed by atoms with Crippen LogP contribution in [-0.4, -0.2) is 33.6 Å². The van der Waals surface area contributed by atoms with Crippen molar-refractivity contribution in [2.45, 2.75) is 24.3 Å². The van der Waals surface area contributed by atoms with E-state index in [-0.39, 0.29) is 21.9 Å². The lowest BCUT2D eigenvalue weighted by molar-refractivity contribution is 0.0225. The maximum Gasteiger partial charge on any atom is 0.287 e. The van der Waals surface area contributed by atoms with Crippen molar-refractivity contribution in [2.24, 2.45) is 0 Å². The van der Waals surface area contributed by atoms with E-state index in [0.29, 0.717) is 0 Å². The van der Waals surface area contributed by atoms with Crippen LogP contribution in [0.1, 0.15) is 24.4 Å². The van der Waals surface area contributed by atoms with Gasteiger partial charge in [0.15, 0.2) is 10.4 Å². The van der Waals surface area contributed by atoms with E-state index in [0.717, 1.165) is 6.07 Å². The summed E-state index contributed by atoms with van der Waals surface area (Å²) in [5, 5.41) is 2.57. The maximum absolute atomic E-state index is 11.8. The molecule has 1 heterocycles. The standard InChI is InChI=1S/C10H13BrClNO5S/c1-10(2,17-3)5-13-9(14)6-4-7(8(11)18-6)19(12,15)16/h4H,5H2,1-3H3,(H,13,14). The highest BCUT2D eigenvalue weighted by atomic mass is 79.9. The van der Waals surface area contributed by atoms with Crippen molar-refractivity contribution in [2.75, 3.05) is 13.7 Å². The van der Waals surface area contributed by atoms with Crippen molar-refractivity contribution in [3.05, 3.63) is 16.5 Å². The molecule has 0 saturated heterocycles. The van der Waals surface area contributed by atoms with Crippen molar-refractivity contribution < 1.29 is 22.4 Å². The van der Waals surface area contributed by atoms with Gasteiger partial charge in [-0.15, -0.1) is 0 Å². The molecule has 1 rings (SSSR count). The van der Waals surface area contributed by atoms with Crippen molar-refractivity contribution in [1.82, 2.24) is 5.32 Å². The van der Waals surface area contributed by atoms with Gasteiger partial charge in [-0.1, -0.05) is 0 Å². The summed E-state index contributed by atoms with van der Waals surface area (Å²) in [6, 6.07) is 1.06. The fourth-order valence-electron chi connectivity index (χ4n) is 1.08. The second-order valence-corrected chi connectivity index (χ2v) is 7.59. The van der Waals surface area contributed by atoms with Crippen LogP contribution in [0.2, 0.25) is 0 Å². The normalized spacial score (nSPS) is 12.5.